The summed E-state index contributed by atoms with van der Waals surface area (Å²) < 4.78 is 6.53. The maximum atomic E-state index is 11.8. The third kappa shape index (κ3) is 3.26. The van der Waals surface area contributed by atoms with E-state index < -0.39 is 5.97 Å². The molecule has 0 bridgehead atoms. The first kappa shape index (κ1) is 13.7. The van der Waals surface area contributed by atoms with Crippen LogP contribution in [0.1, 0.15) is 10.6 Å². The van der Waals surface area contributed by atoms with E-state index in [9.17, 15) is 9.59 Å². The molecule has 5 nitrogen and oxygen atoms in total. The number of thiazole rings is 1. The number of thiophene rings is 1. The summed E-state index contributed by atoms with van der Waals surface area (Å²) in [6.45, 7) is -0.0166. The van der Waals surface area contributed by atoms with Gasteiger partial charge in [-0.3, -0.25) is 9.20 Å². The highest BCUT2D eigenvalue weighted by molar-refractivity contribution is 7.15. The fraction of sp³-hybridized carbons (Fsp3) is 0.0714. The number of carbonyl (C=O) groups excluding carboxylic acids is 1. The van der Waals surface area contributed by atoms with Crippen LogP contribution in [0.5, 0.6) is 0 Å². The van der Waals surface area contributed by atoms with Gasteiger partial charge in [0, 0.05) is 28.6 Å². The van der Waals surface area contributed by atoms with Gasteiger partial charge in [-0.05, 0) is 17.5 Å². The molecule has 0 aliphatic carbocycles. The number of carbonyl (C=O) groups is 1. The fourth-order valence-electron chi connectivity index (χ4n) is 1.69. The Morgan fingerprint density at radius 3 is 3.10 bits per heavy atom. The second-order valence-electron chi connectivity index (χ2n) is 4.10. The summed E-state index contributed by atoms with van der Waals surface area (Å²) in [5.74, 6) is -0.462. The van der Waals surface area contributed by atoms with Crippen molar-refractivity contribution < 1.29 is 9.53 Å². The first-order valence-electron chi connectivity index (χ1n) is 6.06. The Balaban J connectivity index is 1.66. The Morgan fingerprint density at radius 1 is 1.38 bits per heavy atom. The third-order valence-corrected chi connectivity index (χ3v) is 4.24. The lowest BCUT2D eigenvalue weighted by Crippen LogP contribution is -2.14. The van der Waals surface area contributed by atoms with E-state index >= 15 is 0 Å². The standard InChI is InChI=1S/C14H10N2O3S2/c17-12-8-10(15-14-16(12)5-7-21-14)9-19-13(18)4-3-11-2-1-6-20-11/h1-8H,9H2/b4-3+. The summed E-state index contributed by atoms with van der Waals surface area (Å²) in [5.41, 5.74) is 0.266. The molecule has 3 heterocycles. The fourth-order valence-corrected chi connectivity index (χ4v) is 3.05. The topological polar surface area (TPSA) is 60.7 Å². The van der Waals surface area contributed by atoms with Crippen LogP contribution in [-0.2, 0) is 16.1 Å². The SMILES string of the molecule is O=C(/C=C/c1cccs1)OCc1cc(=O)n2ccsc2n1. The van der Waals surface area contributed by atoms with Crippen LogP contribution < -0.4 is 5.56 Å². The Kier molecular flexibility index (Phi) is 3.94. The number of hydrogen-bond acceptors (Lipinski definition) is 6. The van der Waals surface area contributed by atoms with E-state index in [1.807, 2.05) is 17.5 Å². The van der Waals surface area contributed by atoms with Crippen LogP contribution in [0.15, 0.2) is 46.0 Å². The normalized spacial score (nSPS) is 11.2. The number of hydrogen-bond donors (Lipinski definition) is 0. The van der Waals surface area contributed by atoms with Crippen LogP contribution in [0, 0.1) is 0 Å². The van der Waals surface area contributed by atoms with Crippen molar-refractivity contribution in [3.05, 3.63) is 62.2 Å². The highest BCUT2D eigenvalue weighted by Crippen LogP contribution is 2.10. The maximum absolute atomic E-state index is 11.8. The third-order valence-electron chi connectivity index (χ3n) is 2.65. The number of ether oxygens (including phenoxy) is 1. The molecule has 0 spiro atoms. The second-order valence-corrected chi connectivity index (χ2v) is 5.95. The number of fused-ring (bicyclic) bond motifs is 1. The van der Waals surface area contributed by atoms with Gasteiger partial charge >= 0.3 is 5.97 Å². The molecular weight excluding hydrogens is 308 g/mol. The predicted octanol–water partition coefficient (Wildman–Crippen LogP) is 2.57. The van der Waals surface area contributed by atoms with Crippen LogP contribution in [0.2, 0.25) is 0 Å². The van der Waals surface area contributed by atoms with Crippen molar-refractivity contribution in [2.75, 3.05) is 0 Å². The number of aromatic nitrogens is 2. The molecular formula is C14H10N2O3S2. The van der Waals surface area contributed by atoms with Gasteiger partial charge in [-0.1, -0.05) is 6.07 Å². The zero-order chi connectivity index (χ0) is 14.7. The molecule has 106 valence electrons. The molecule has 0 aromatic carbocycles. The Hall–Kier alpha value is -2.25. The molecule has 0 aliphatic rings. The van der Waals surface area contributed by atoms with Crippen LogP contribution in [0.3, 0.4) is 0 Å². The summed E-state index contributed by atoms with van der Waals surface area (Å²) >= 11 is 2.89. The van der Waals surface area contributed by atoms with E-state index in [1.54, 1.807) is 17.7 Å². The van der Waals surface area contributed by atoms with Crippen molar-refractivity contribution in [2.45, 2.75) is 6.61 Å². The molecule has 0 unspecified atom stereocenters. The molecule has 0 atom stereocenters. The zero-order valence-electron chi connectivity index (χ0n) is 10.8. The second kappa shape index (κ2) is 6.02. The molecule has 0 N–H and O–H groups in total. The average Bonchev–Trinajstić information content (AvgIpc) is 3.14. The van der Waals surface area contributed by atoms with Crippen molar-refractivity contribution >= 4 is 39.7 Å². The quantitative estimate of drug-likeness (QED) is 0.548. The first-order chi connectivity index (χ1) is 10.2. The van der Waals surface area contributed by atoms with E-state index in [0.717, 1.165) is 4.88 Å². The predicted molar refractivity (Wildman–Crippen MR) is 82.5 cm³/mol. The van der Waals surface area contributed by atoms with Crippen molar-refractivity contribution in [3.63, 3.8) is 0 Å². The number of rotatable bonds is 4. The van der Waals surface area contributed by atoms with Crippen molar-refractivity contribution in [1.82, 2.24) is 9.38 Å². The molecule has 0 saturated heterocycles. The summed E-state index contributed by atoms with van der Waals surface area (Å²) in [4.78, 5) is 29.2. The molecule has 0 amide bonds. The largest absolute Gasteiger partial charge is 0.456 e. The Bertz CT molecular complexity index is 847. The van der Waals surface area contributed by atoms with Gasteiger partial charge in [-0.15, -0.1) is 22.7 Å². The van der Waals surface area contributed by atoms with Gasteiger partial charge in [-0.25, -0.2) is 9.78 Å². The van der Waals surface area contributed by atoms with Gasteiger partial charge in [0.1, 0.15) is 6.61 Å². The summed E-state index contributed by atoms with van der Waals surface area (Å²) in [6.07, 6.45) is 4.72. The number of esters is 1. The van der Waals surface area contributed by atoms with E-state index in [-0.39, 0.29) is 12.2 Å². The van der Waals surface area contributed by atoms with Gasteiger partial charge < -0.3 is 4.74 Å². The summed E-state index contributed by atoms with van der Waals surface area (Å²) in [5, 5.41) is 3.71. The van der Waals surface area contributed by atoms with Crippen LogP contribution in [0.4, 0.5) is 0 Å². The molecule has 3 rings (SSSR count). The van der Waals surface area contributed by atoms with Crippen LogP contribution in [-0.4, -0.2) is 15.4 Å². The lowest BCUT2D eigenvalue weighted by Gasteiger charge is -2.01. The van der Waals surface area contributed by atoms with Gasteiger partial charge in [0.25, 0.3) is 5.56 Å². The van der Waals surface area contributed by atoms with Crippen molar-refractivity contribution in [1.29, 1.82) is 0 Å². The maximum Gasteiger partial charge on any atom is 0.331 e. The molecule has 7 heteroatoms. The van der Waals surface area contributed by atoms with Crippen molar-refractivity contribution in [2.24, 2.45) is 0 Å². The average molecular weight is 318 g/mol. The van der Waals surface area contributed by atoms with Gasteiger partial charge in [0.2, 0.25) is 0 Å². The van der Waals surface area contributed by atoms with E-state index in [4.69, 9.17) is 4.74 Å². The summed E-state index contributed by atoms with van der Waals surface area (Å²) in [7, 11) is 0. The first-order valence-corrected chi connectivity index (χ1v) is 7.82. The molecule has 21 heavy (non-hydrogen) atoms. The zero-order valence-corrected chi connectivity index (χ0v) is 12.4. The lowest BCUT2D eigenvalue weighted by molar-refractivity contribution is -0.139. The molecule has 0 radical (unpaired) electrons. The highest BCUT2D eigenvalue weighted by Gasteiger charge is 2.05. The lowest BCUT2D eigenvalue weighted by atomic mass is 10.4. The van der Waals surface area contributed by atoms with Gasteiger partial charge in [-0.2, -0.15) is 0 Å². The minimum Gasteiger partial charge on any atom is -0.456 e. The molecule has 0 fully saturated rings. The monoisotopic (exact) mass is 318 g/mol. The molecule has 3 aromatic heterocycles. The Labute approximate surface area is 127 Å². The van der Waals surface area contributed by atoms with Gasteiger partial charge in [0.05, 0.1) is 5.69 Å². The molecule has 3 aromatic rings. The Morgan fingerprint density at radius 2 is 2.29 bits per heavy atom. The van der Waals surface area contributed by atoms with Crippen LogP contribution in [0.25, 0.3) is 11.0 Å². The highest BCUT2D eigenvalue weighted by atomic mass is 32.1. The van der Waals surface area contributed by atoms with E-state index in [2.05, 4.69) is 4.98 Å². The van der Waals surface area contributed by atoms with E-state index in [0.29, 0.717) is 10.7 Å². The molecule has 0 aliphatic heterocycles. The van der Waals surface area contributed by atoms with Crippen molar-refractivity contribution in [3.8, 4) is 0 Å². The van der Waals surface area contributed by atoms with E-state index in [1.165, 1.54) is 39.2 Å². The molecule has 0 saturated carbocycles. The minimum absolute atomic E-state index is 0.0166. The minimum atomic E-state index is -0.462. The van der Waals surface area contributed by atoms with Crippen LogP contribution >= 0.6 is 22.7 Å². The van der Waals surface area contributed by atoms with Gasteiger partial charge in [0.15, 0.2) is 4.96 Å². The smallest absolute Gasteiger partial charge is 0.331 e. The summed E-state index contributed by atoms with van der Waals surface area (Å²) in [6, 6.07) is 5.18. The number of nitrogens with zero attached hydrogens (tertiary/aromatic N) is 2.